The normalized spacial score (nSPS) is 16.0. The van der Waals surface area contributed by atoms with E-state index in [0.717, 1.165) is 17.8 Å². The first-order chi connectivity index (χ1) is 15.9. The van der Waals surface area contributed by atoms with E-state index in [1.807, 2.05) is 71.3 Å². The maximum absolute atomic E-state index is 13.5. The molecule has 33 heavy (non-hydrogen) atoms. The maximum atomic E-state index is 13.5. The van der Waals surface area contributed by atoms with Gasteiger partial charge in [0.15, 0.2) is 11.2 Å². The first-order valence-corrected chi connectivity index (χ1v) is 11.3. The van der Waals surface area contributed by atoms with Gasteiger partial charge < -0.3 is 9.47 Å². The molecular formula is C25H24ClN5O2. The van der Waals surface area contributed by atoms with Crippen LogP contribution in [-0.4, -0.2) is 25.2 Å². The molecule has 4 aromatic rings. The summed E-state index contributed by atoms with van der Waals surface area (Å²) in [6.07, 6.45) is 3.74. The van der Waals surface area contributed by atoms with Crippen LogP contribution in [0.25, 0.3) is 17.2 Å². The molecule has 168 valence electrons. The van der Waals surface area contributed by atoms with Crippen LogP contribution in [0, 0.1) is 5.92 Å². The standard InChI is InChI=1S/C25H24ClN5O2/c1-17-15-30(20-12-6-11-19(26)14-20)24-27-22-21(31(24)16-17)23(32)29(25(33)28(22)2)13-7-10-18-8-4-3-5-9-18/h3-12,14,17H,13,15-16H2,1-2H3/b10-7-/t17-/m0/s1. The molecule has 0 saturated heterocycles. The van der Waals surface area contributed by atoms with Gasteiger partial charge in [-0.15, -0.1) is 0 Å². The Balaban J connectivity index is 1.64. The number of fused-ring (bicyclic) bond motifs is 3. The lowest BCUT2D eigenvalue weighted by Gasteiger charge is -2.33. The molecular weight excluding hydrogens is 438 g/mol. The van der Waals surface area contributed by atoms with Crippen LogP contribution in [0.15, 0.2) is 70.3 Å². The predicted molar refractivity (Wildman–Crippen MR) is 132 cm³/mol. The lowest BCUT2D eigenvalue weighted by molar-refractivity contribution is 0.458. The molecule has 2 aromatic carbocycles. The number of allylic oxidation sites excluding steroid dienone is 1. The van der Waals surface area contributed by atoms with Crippen molar-refractivity contribution in [2.75, 3.05) is 11.4 Å². The second kappa shape index (κ2) is 8.41. The quantitative estimate of drug-likeness (QED) is 0.460. The van der Waals surface area contributed by atoms with Gasteiger partial charge in [-0.1, -0.05) is 67.1 Å². The summed E-state index contributed by atoms with van der Waals surface area (Å²) in [5.74, 6) is 0.923. The molecule has 0 radical (unpaired) electrons. The minimum absolute atomic E-state index is 0.185. The molecule has 3 heterocycles. The van der Waals surface area contributed by atoms with Crippen molar-refractivity contribution in [2.45, 2.75) is 20.0 Å². The van der Waals surface area contributed by atoms with Crippen LogP contribution in [0.2, 0.25) is 5.02 Å². The van der Waals surface area contributed by atoms with Gasteiger partial charge in [-0.3, -0.25) is 13.9 Å². The van der Waals surface area contributed by atoms with Crippen LogP contribution in [0.3, 0.4) is 0 Å². The Morgan fingerprint density at radius 1 is 1.09 bits per heavy atom. The fourth-order valence-electron chi connectivity index (χ4n) is 4.39. The molecule has 8 heteroatoms. The zero-order chi connectivity index (χ0) is 23.1. The van der Waals surface area contributed by atoms with Crippen LogP contribution in [0.4, 0.5) is 11.6 Å². The number of anilines is 2. The molecule has 0 fully saturated rings. The highest BCUT2D eigenvalue weighted by Gasteiger charge is 2.29. The van der Waals surface area contributed by atoms with Gasteiger partial charge >= 0.3 is 5.69 Å². The summed E-state index contributed by atoms with van der Waals surface area (Å²) in [4.78, 5) is 33.3. The first-order valence-electron chi connectivity index (χ1n) is 10.9. The Kier molecular flexibility index (Phi) is 5.42. The van der Waals surface area contributed by atoms with Crippen molar-refractivity contribution >= 4 is 40.5 Å². The minimum Gasteiger partial charge on any atom is -0.312 e. The number of aryl methyl sites for hydroxylation is 1. The first kappa shape index (κ1) is 21.3. The lowest BCUT2D eigenvalue weighted by atomic mass is 10.1. The molecule has 0 unspecified atom stereocenters. The van der Waals surface area contributed by atoms with E-state index in [-0.39, 0.29) is 23.7 Å². The van der Waals surface area contributed by atoms with Gasteiger partial charge in [0.05, 0.1) is 0 Å². The van der Waals surface area contributed by atoms with Crippen molar-refractivity contribution in [2.24, 2.45) is 13.0 Å². The highest BCUT2D eigenvalue weighted by Crippen LogP contribution is 2.33. The molecule has 1 atom stereocenters. The summed E-state index contributed by atoms with van der Waals surface area (Å²) in [7, 11) is 1.66. The third kappa shape index (κ3) is 3.78. The zero-order valence-electron chi connectivity index (χ0n) is 18.5. The molecule has 0 aliphatic carbocycles. The van der Waals surface area contributed by atoms with E-state index in [2.05, 4.69) is 11.8 Å². The minimum atomic E-state index is -0.386. The summed E-state index contributed by atoms with van der Waals surface area (Å²) < 4.78 is 4.66. The van der Waals surface area contributed by atoms with Crippen LogP contribution in [-0.2, 0) is 20.1 Å². The SMILES string of the molecule is C[C@H]1CN(c2cccc(Cl)c2)c2nc3c(c(=O)n(C/C=C\c4ccccc4)c(=O)n3C)n2C1. The van der Waals surface area contributed by atoms with Crippen LogP contribution >= 0.6 is 11.6 Å². The lowest BCUT2D eigenvalue weighted by Crippen LogP contribution is -2.40. The van der Waals surface area contributed by atoms with Gasteiger partial charge in [0, 0.05) is 37.4 Å². The van der Waals surface area contributed by atoms with E-state index in [0.29, 0.717) is 28.7 Å². The van der Waals surface area contributed by atoms with E-state index in [4.69, 9.17) is 16.6 Å². The second-order valence-corrected chi connectivity index (χ2v) is 8.90. The Morgan fingerprint density at radius 3 is 2.64 bits per heavy atom. The molecule has 2 aromatic heterocycles. The van der Waals surface area contributed by atoms with Crippen molar-refractivity contribution in [1.82, 2.24) is 18.7 Å². The van der Waals surface area contributed by atoms with Gasteiger partial charge in [-0.25, -0.2) is 4.79 Å². The number of halogens is 1. The van der Waals surface area contributed by atoms with E-state index in [9.17, 15) is 9.59 Å². The summed E-state index contributed by atoms with van der Waals surface area (Å²) in [5.41, 5.74) is 2.04. The predicted octanol–water partition coefficient (Wildman–Crippen LogP) is 4.05. The van der Waals surface area contributed by atoms with Crippen molar-refractivity contribution in [1.29, 1.82) is 0 Å². The second-order valence-electron chi connectivity index (χ2n) is 8.46. The molecule has 0 bridgehead atoms. The van der Waals surface area contributed by atoms with E-state index in [1.165, 1.54) is 9.13 Å². The van der Waals surface area contributed by atoms with Gasteiger partial charge in [0.25, 0.3) is 5.56 Å². The largest absolute Gasteiger partial charge is 0.332 e. The molecule has 5 rings (SSSR count). The molecule has 0 saturated carbocycles. The third-order valence-corrected chi connectivity index (χ3v) is 6.20. The Bertz CT molecular complexity index is 1480. The number of rotatable bonds is 4. The average Bonchev–Trinajstić information content (AvgIpc) is 3.19. The van der Waals surface area contributed by atoms with Gasteiger partial charge in [-0.05, 0) is 29.7 Å². The van der Waals surface area contributed by atoms with Crippen LogP contribution in [0.5, 0.6) is 0 Å². The van der Waals surface area contributed by atoms with E-state index in [1.54, 1.807) is 7.05 Å². The topological polar surface area (TPSA) is 65.1 Å². The molecule has 0 N–H and O–H groups in total. The monoisotopic (exact) mass is 461 g/mol. The van der Waals surface area contributed by atoms with Gasteiger partial charge in [-0.2, -0.15) is 4.98 Å². The summed E-state index contributed by atoms with van der Waals surface area (Å²) in [6.45, 7) is 3.71. The summed E-state index contributed by atoms with van der Waals surface area (Å²) >= 11 is 6.23. The highest BCUT2D eigenvalue weighted by molar-refractivity contribution is 6.30. The van der Waals surface area contributed by atoms with Gasteiger partial charge in [0.1, 0.15) is 0 Å². The summed E-state index contributed by atoms with van der Waals surface area (Å²) in [6, 6.07) is 17.4. The van der Waals surface area contributed by atoms with Crippen LogP contribution in [0.1, 0.15) is 12.5 Å². The number of aromatic nitrogens is 4. The number of imidazole rings is 1. The molecule has 0 amide bonds. The van der Waals surface area contributed by atoms with Gasteiger partial charge in [0.2, 0.25) is 5.95 Å². The van der Waals surface area contributed by atoms with Crippen molar-refractivity contribution < 1.29 is 0 Å². The molecule has 0 spiro atoms. The molecule has 1 aliphatic rings. The van der Waals surface area contributed by atoms with Crippen LogP contribution < -0.4 is 16.1 Å². The number of hydrogen-bond donors (Lipinski definition) is 0. The van der Waals surface area contributed by atoms with Crippen molar-refractivity contribution in [3.05, 3.63) is 92.1 Å². The summed E-state index contributed by atoms with van der Waals surface area (Å²) in [5, 5.41) is 0.633. The molecule has 7 nitrogen and oxygen atoms in total. The zero-order valence-corrected chi connectivity index (χ0v) is 19.2. The van der Waals surface area contributed by atoms with Crippen molar-refractivity contribution in [3.63, 3.8) is 0 Å². The third-order valence-electron chi connectivity index (χ3n) is 5.96. The van der Waals surface area contributed by atoms with E-state index < -0.39 is 0 Å². The average molecular weight is 462 g/mol. The van der Waals surface area contributed by atoms with E-state index >= 15 is 0 Å². The Hall–Kier alpha value is -3.58. The number of nitrogens with zero attached hydrogens (tertiary/aromatic N) is 5. The van der Waals surface area contributed by atoms with Crippen molar-refractivity contribution in [3.8, 4) is 0 Å². The highest BCUT2D eigenvalue weighted by atomic mass is 35.5. The Labute approximate surface area is 195 Å². The Morgan fingerprint density at radius 2 is 1.88 bits per heavy atom. The smallest absolute Gasteiger partial charge is 0.312 e. The maximum Gasteiger partial charge on any atom is 0.332 e. The number of benzene rings is 2. The fraction of sp³-hybridized carbons (Fsp3) is 0.240. The fourth-order valence-corrected chi connectivity index (χ4v) is 4.57. The molecule has 1 aliphatic heterocycles. The number of hydrogen-bond acceptors (Lipinski definition) is 4.